The van der Waals surface area contributed by atoms with Gasteiger partial charge >= 0.3 is 5.97 Å². The van der Waals surface area contributed by atoms with Gasteiger partial charge in [0.2, 0.25) is 5.75 Å². The molecule has 0 aliphatic carbocycles. The normalized spacial score (nSPS) is 11.4. The third-order valence-electron chi connectivity index (χ3n) is 3.76. The molecule has 0 radical (unpaired) electrons. The van der Waals surface area contributed by atoms with Crippen molar-refractivity contribution in [2.24, 2.45) is 5.73 Å². The molecule has 26 heavy (non-hydrogen) atoms. The number of amides is 2. The summed E-state index contributed by atoms with van der Waals surface area (Å²) in [5.41, 5.74) is 5.25. The highest BCUT2D eigenvalue weighted by molar-refractivity contribution is 5.97. The van der Waals surface area contributed by atoms with Crippen molar-refractivity contribution in [3.8, 4) is 17.2 Å². The summed E-state index contributed by atoms with van der Waals surface area (Å²) in [7, 11) is 2.73. The molecule has 1 atom stereocenters. The lowest BCUT2D eigenvalue weighted by Crippen LogP contribution is -2.41. The molecule has 9 heteroatoms. The van der Waals surface area contributed by atoms with Crippen molar-refractivity contribution in [1.82, 2.24) is 4.90 Å². The number of carboxylic acid groups (broad SMARTS) is 1. The molecule has 0 spiro atoms. The first-order valence-corrected chi connectivity index (χ1v) is 7.94. The number of carbonyl (C=O) groups is 3. The Morgan fingerprint density at radius 3 is 2.12 bits per heavy atom. The predicted octanol–water partition coefficient (Wildman–Crippen LogP) is 0.893. The molecule has 0 aromatic heterocycles. The van der Waals surface area contributed by atoms with Gasteiger partial charge in [0, 0.05) is 11.6 Å². The Labute approximate surface area is 151 Å². The van der Waals surface area contributed by atoms with Crippen molar-refractivity contribution < 1.29 is 33.7 Å². The molecule has 3 N–H and O–H groups in total. The zero-order valence-electron chi connectivity index (χ0n) is 15.3. The van der Waals surface area contributed by atoms with E-state index >= 15 is 0 Å². The lowest BCUT2D eigenvalue weighted by molar-refractivity contribution is -0.138. The number of hydrogen-bond donors (Lipinski definition) is 2. The number of primary amides is 1. The van der Waals surface area contributed by atoms with E-state index in [1.54, 1.807) is 6.92 Å². The summed E-state index contributed by atoms with van der Waals surface area (Å²) in [6.45, 7) is 2.80. The van der Waals surface area contributed by atoms with Crippen LogP contribution >= 0.6 is 0 Å². The third kappa shape index (κ3) is 5.27. The summed E-state index contributed by atoms with van der Waals surface area (Å²) in [6.07, 6.45) is 0.590. The standard InChI is InChI=1S/C17H24N2O7/c1-5-10(2)19(8-15(21)22)17(23)11-6-12(24-3)16(13(7-11)25-4)26-9-14(18)20/h6-7,10H,5,8-9H2,1-4H3,(H2,18,20)(H,21,22). The fourth-order valence-corrected chi connectivity index (χ4v) is 2.25. The minimum absolute atomic E-state index is 0.124. The number of hydrogen-bond acceptors (Lipinski definition) is 6. The van der Waals surface area contributed by atoms with E-state index in [1.807, 2.05) is 6.92 Å². The Morgan fingerprint density at radius 1 is 1.19 bits per heavy atom. The van der Waals surface area contributed by atoms with Gasteiger partial charge in [0.1, 0.15) is 6.54 Å². The molecule has 1 unspecified atom stereocenters. The van der Waals surface area contributed by atoms with E-state index in [-0.39, 0.29) is 28.9 Å². The maximum absolute atomic E-state index is 12.8. The van der Waals surface area contributed by atoms with E-state index in [0.29, 0.717) is 6.42 Å². The van der Waals surface area contributed by atoms with E-state index in [4.69, 9.17) is 25.1 Å². The monoisotopic (exact) mass is 368 g/mol. The van der Waals surface area contributed by atoms with Gasteiger partial charge in [-0.25, -0.2) is 0 Å². The molecule has 0 aliphatic heterocycles. The van der Waals surface area contributed by atoms with E-state index in [1.165, 1.54) is 31.3 Å². The van der Waals surface area contributed by atoms with Crippen LogP contribution in [0.25, 0.3) is 0 Å². The van der Waals surface area contributed by atoms with Crippen molar-refractivity contribution in [2.75, 3.05) is 27.4 Å². The average Bonchev–Trinajstić information content (AvgIpc) is 2.62. The second-order valence-electron chi connectivity index (χ2n) is 5.55. The first-order chi connectivity index (χ1) is 12.2. The number of nitrogens with two attached hydrogens (primary N) is 1. The molecule has 0 heterocycles. The lowest BCUT2D eigenvalue weighted by Gasteiger charge is -2.27. The number of benzene rings is 1. The van der Waals surface area contributed by atoms with Gasteiger partial charge in [0.15, 0.2) is 18.1 Å². The van der Waals surface area contributed by atoms with E-state index in [9.17, 15) is 14.4 Å². The third-order valence-corrected chi connectivity index (χ3v) is 3.76. The zero-order chi connectivity index (χ0) is 19.9. The number of rotatable bonds is 10. The number of carbonyl (C=O) groups excluding carboxylic acids is 2. The fraction of sp³-hybridized carbons (Fsp3) is 0.471. The van der Waals surface area contributed by atoms with Crippen molar-refractivity contribution in [3.63, 3.8) is 0 Å². The van der Waals surface area contributed by atoms with Crippen LogP contribution in [-0.2, 0) is 9.59 Å². The number of nitrogens with zero attached hydrogens (tertiary/aromatic N) is 1. The first kappa shape index (κ1) is 21.1. The molecular weight excluding hydrogens is 344 g/mol. The van der Waals surface area contributed by atoms with Crippen molar-refractivity contribution in [2.45, 2.75) is 26.3 Å². The fourth-order valence-electron chi connectivity index (χ4n) is 2.25. The lowest BCUT2D eigenvalue weighted by atomic mass is 10.1. The van der Waals surface area contributed by atoms with Gasteiger partial charge in [0.05, 0.1) is 14.2 Å². The van der Waals surface area contributed by atoms with Crippen LogP contribution in [-0.4, -0.2) is 61.2 Å². The Morgan fingerprint density at radius 2 is 1.73 bits per heavy atom. The molecule has 144 valence electrons. The van der Waals surface area contributed by atoms with Gasteiger partial charge in [-0.05, 0) is 25.5 Å². The average molecular weight is 368 g/mol. The molecule has 0 saturated carbocycles. The smallest absolute Gasteiger partial charge is 0.323 e. The molecule has 1 rings (SSSR count). The quantitative estimate of drug-likeness (QED) is 0.627. The number of carboxylic acids is 1. The summed E-state index contributed by atoms with van der Waals surface area (Å²) < 4.78 is 15.7. The summed E-state index contributed by atoms with van der Waals surface area (Å²) >= 11 is 0. The molecular formula is C17H24N2O7. The maximum Gasteiger partial charge on any atom is 0.323 e. The topological polar surface area (TPSA) is 128 Å². The Hall–Kier alpha value is -2.97. The van der Waals surface area contributed by atoms with Gasteiger partial charge in [-0.1, -0.05) is 6.92 Å². The van der Waals surface area contributed by atoms with Gasteiger partial charge in [-0.15, -0.1) is 0 Å². The van der Waals surface area contributed by atoms with Crippen LogP contribution in [0.3, 0.4) is 0 Å². The van der Waals surface area contributed by atoms with E-state index in [2.05, 4.69) is 0 Å². The van der Waals surface area contributed by atoms with Gasteiger partial charge in [-0.2, -0.15) is 0 Å². The van der Waals surface area contributed by atoms with Crippen LogP contribution in [0.5, 0.6) is 17.2 Å². The van der Waals surface area contributed by atoms with Crippen LogP contribution in [0, 0.1) is 0 Å². The molecule has 1 aromatic carbocycles. The summed E-state index contributed by atoms with van der Waals surface area (Å²) in [6, 6.07) is 2.53. The van der Waals surface area contributed by atoms with Crippen LogP contribution in [0.1, 0.15) is 30.6 Å². The number of methoxy groups -OCH3 is 2. The number of ether oxygens (including phenoxy) is 3. The SMILES string of the molecule is CCC(C)N(CC(=O)O)C(=O)c1cc(OC)c(OCC(N)=O)c(OC)c1. The molecule has 0 bridgehead atoms. The highest BCUT2D eigenvalue weighted by atomic mass is 16.5. The Bertz CT molecular complexity index is 650. The van der Waals surface area contributed by atoms with Crippen molar-refractivity contribution in [3.05, 3.63) is 17.7 Å². The Kier molecular flexibility index (Phi) is 7.70. The largest absolute Gasteiger partial charge is 0.493 e. The molecule has 9 nitrogen and oxygen atoms in total. The van der Waals surface area contributed by atoms with Gasteiger partial charge < -0.3 is 30.0 Å². The zero-order valence-corrected chi connectivity index (χ0v) is 15.3. The summed E-state index contributed by atoms with van der Waals surface area (Å²) in [5, 5.41) is 9.08. The molecule has 0 fully saturated rings. The van der Waals surface area contributed by atoms with Crippen molar-refractivity contribution in [1.29, 1.82) is 0 Å². The maximum atomic E-state index is 12.8. The van der Waals surface area contributed by atoms with E-state index < -0.39 is 30.9 Å². The highest BCUT2D eigenvalue weighted by Gasteiger charge is 2.26. The second kappa shape index (κ2) is 9.50. The van der Waals surface area contributed by atoms with Crippen LogP contribution < -0.4 is 19.9 Å². The first-order valence-electron chi connectivity index (χ1n) is 7.94. The van der Waals surface area contributed by atoms with E-state index in [0.717, 1.165) is 0 Å². The van der Waals surface area contributed by atoms with Gasteiger partial charge in [-0.3, -0.25) is 14.4 Å². The summed E-state index contributed by atoms with van der Waals surface area (Å²) in [4.78, 5) is 36.1. The minimum Gasteiger partial charge on any atom is -0.493 e. The van der Waals surface area contributed by atoms with Gasteiger partial charge in [0.25, 0.3) is 11.8 Å². The summed E-state index contributed by atoms with van der Waals surface area (Å²) in [5.74, 6) is -1.84. The molecule has 0 aliphatic rings. The van der Waals surface area contributed by atoms with Crippen LogP contribution in [0.4, 0.5) is 0 Å². The molecule has 0 saturated heterocycles. The number of aliphatic carboxylic acids is 1. The predicted molar refractivity (Wildman–Crippen MR) is 92.7 cm³/mol. The Balaban J connectivity index is 3.31. The minimum atomic E-state index is -1.11. The highest BCUT2D eigenvalue weighted by Crippen LogP contribution is 2.39. The molecule has 1 aromatic rings. The molecule has 2 amide bonds. The van der Waals surface area contributed by atoms with Crippen LogP contribution in [0.15, 0.2) is 12.1 Å². The van der Waals surface area contributed by atoms with Crippen molar-refractivity contribution >= 4 is 17.8 Å². The van der Waals surface area contributed by atoms with Crippen LogP contribution in [0.2, 0.25) is 0 Å². The second-order valence-corrected chi connectivity index (χ2v) is 5.55.